The molecule has 3 aromatic carbocycles. The van der Waals surface area contributed by atoms with E-state index in [1.165, 1.54) is 12.1 Å². The normalized spacial score (nSPS) is 17.1. The number of aryl methyl sites for hydroxylation is 1. The number of thioether (sulfide) groups is 1. The lowest BCUT2D eigenvalue weighted by molar-refractivity contribution is -0.126. The van der Waals surface area contributed by atoms with Crippen molar-refractivity contribution >= 4 is 22.9 Å². The van der Waals surface area contributed by atoms with Crippen LogP contribution in [0.15, 0.2) is 72.8 Å². The predicted octanol–water partition coefficient (Wildman–Crippen LogP) is 6.77. The molecule has 1 saturated heterocycles. The average Bonchev–Trinajstić information content (AvgIpc) is 3.15. The number of alkyl halides is 1. The summed E-state index contributed by atoms with van der Waals surface area (Å²) in [7, 11) is 0. The Balaban J connectivity index is 1.21. The Hall–Kier alpha value is -3.52. The third kappa shape index (κ3) is 6.37. The molecule has 1 fully saturated rings. The summed E-state index contributed by atoms with van der Waals surface area (Å²) in [5, 5.41) is -1.12. The van der Waals surface area contributed by atoms with Crippen molar-refractivity contribution in [3.8, 4) is 23.0 Å². The summed E-state index contributed by atoms with van der Waals surface area (Å²) in [6.45, 7) is 3.16. The van der Waals surface area contributed by atoms with Crippen molar-refractivity contribution in [3.63, 3.8) is 0 Å². The highest BCUT2D eigenvalue weighted by atomic mass is 32.2. The highest BCUT2D eigenvalue weighted by Gasteiger charge is 2.50. The zero-order valence-corrected chi connectivity index (χ0v) is 20.8. The number of ether oxygens (including phenoxy) is 3. The molecule has 188 valence electrons. The fourth-order valence-electron chi connectivity index (χ4n) is 3.75. The molecule has 3 aromatic rings. The maximum absolute atomic E-state index is 14.8. The lowest BCUT2D eigenvalue weighted by atomic mass is 10.1. The smallest absolute Gasteiger partial charge is 0.289 e. The molecule has 8 heteroatoms. The maximum atomic E-state index is 14.8. The standard InChI is InChI=1S/C28H28FNO5S/c1-2-8-20-19-24(35-23-9-4-3-5-10-23)15-16-25(20)34-18-7-6-17-33-22-13-11-21(12-14-22)28(29)26(31)30-27(32)36-28/h3-5,9-16,19H,2,6-8,17-18H2,1H3,(H,30,31,32). The monoisotopic (exact) mass is 509 g/mol. The van der Waals surface area contributed by atoms with Crippen LogP contribution in [-0.4, -0.2) is 24.4 Å². The summed E-state index contributed by atoms with van der Waals surface area (Å²) in [6.07, 6.45) is 3.48. The molecule has 1 heterocycles. The fraction of sp³-hybridized carbons (Fsp3) is 0.286. The number of unbranched alkanes of at least 4 members (excludes halogenated alkanes) is 1. The largest absolute Gasteiger partial charge is 0.494 e. The molecule has 1 aliphatic heterocycles. The zero-order valence-electron chi connectivity index (χ0n) is 20.0. The van der Waals surface area contributed by atoms with Crippen LogP contribution in [0, 0.1) is 0 Å². The second kappa shape index (κ2) is 11.9. The van der Waals surface area contributed by atoms with Crippen molar-refractivity contribution in [1.29, 1.82) is 0 Å². The van der Waals surface area contributed by atoms with Gasteiger partial charge in [0.05, 0.1) is 13.2 Å². The van der Waals surface area contributed by atoms with Gasteiger partial charge in [0.1, 0.15) is 23.0 Å². The Bertz CT molecular complexity index is 1190. The van der Waals surface area contributed by atoms with E-state index in [-0.39, 0.29) is 5.56 Å². The number of benzene rings is 3. The molecule has 4 rings (SSSR count). The summed E-state index contributed by atoms with van der Waals surface area (Å²) in [5.74, 6) is 2.06. The first kappa shape index (κ1) is 25.6. The first-order chi connectivity index (χ1) is 17.5. The number of amides is 2. The van der Waals surface area contributed by atoms with E-state index in [0.717, 1.165) is 48.5 Å². The van der Waals surface area contributed by atoms with Crippen molar-refractivity contribution in [2.45, 2.75) is 37.6 Å². The molecular formula is C28H28FNO5S. The van der Waals surface area contributed by atoms with Gasteiger partial charge in [-0.2, -0.15) is 0 Å². The molecule has 0 radical (unpaired) electrons. The number of para-hydroxylation sites is 1. The Morgan fingerprint density at radius 1 is 0.861 bits per heavy atom. The zero-order chi connectivity index (χ0) is 25.4. The number of imide groups is 1. The number of hydrogen-bond donors (Lipinski definition) is 1. The summed E-state index contributed by atoms with van der Waals surface area (Å²) in [5.41, 5.74) is 1.23. The summed E-state index contributed by atoms with van der Waals surface area (Å²) >= 11 is 0.337. The van der Waals surface area contributed by atoms with Gasteiger partial charge in [-0.25, -0.2) is 4.39 Å². The molecule has 0 aromatic heterocycles. The minimum Gasteiger partial charge on any atom is -0.494 e. The fourth-order valence-corrected chi connectivity index (χ4v) is 4.55. The van der Waals surface area contributed by atoms with Crippen LogP contribution in [0.3, 0.4) is 0 Å². The summed E-state index contributed by atoms with van der Waals surface area (Å²) in [6, 6.07) is 21.7. The summed E-state index contributed by atoms with van der Waals surface area (Å²) in [4.78, 5) is 23.0. The van der Waals surface area contributed by atoms with Crippen LogP contribution in [-0.2, 0) is 16.2 Å². The number of nitrogens with one attached hydrogen (secondary N) is 1. The van der Waals surface area contributed by atoms with Crippen LogP contribution in [0.25, 0.3) is 0 Å². The van der Waals surface area contributed by atoms with Gasteiger partial charge >= 0.3 is 0 Å². The number of carbonyl (C=O) groups excluding carboxylic acids is 2. The van der Waals surface area contributed by atoms with Gasteiger partial charge in [0.2, 0.25) is 0 Å². The lowest BCUT2D eigenvalue weighted by Crippen LogP contribution is -2.30. The van der Waals surface area contributed by atoms with E-state index in [2.05, 4.69) is 6.92 Å². The van der Waals surface area contributed by atoms with E-state index in [4.69, 9.17) is 14.2 Å². The SMILES string of the molecule is CCCc1cc(Oc2ccccc2)ccc1OCCCCOc1ccc(C2(F)SC(=O)NC2=O)cc1. The molecule has 0 saturated carbocycles. The molecule has 6 nitrogen and oxygen atoms in total. The van der Waals surface area contributed by atoms with Crippen molar-refractivity contribution in [3.05, 3.63) is 83.9 Å². The van der Waals surface area contributed by atoms with Gasteiger partial charge < -0.3 is 14.2 Å². The van der Waals surface area contributed by atoms with E-state index in [0.29, 0.717) is 30.7 Å². The molecule has 1 unspecified atom stereocenters. The second-order valence-electron chi connectivity index (χ2n) is 8.30. The molecule has 0 spiro atoms. The maximum Gasteiger partial charge on any atom is 0.289 e. The molecular weight excluding hydrogens is 481 g/mol. The number of carbonyl (C=O) groups is 2. The molecule has 0 bridgehead atoms. The van der Waals surface area contributed by atoms with Gasteiger partial charge in [0.15, 0.2) is 0 Å². The van der Waals surface area contributed by atoms with Crippen molar-refractivity contribution in [1.82, 2.24) is 5.32 Å². The van der Waals surface area contributed by atoms with E-state index in [1.807, 2.05) is 53.8 Å². The van der Waals surface area contributed by atoms with Gasteiger partial charge in [-0.05, 0) is 79.1 Å². The molecule has 1 atom stereocenters. The quantitative estimate of drug-likeness (QED) is 0.272. The van der Waals surface area contributed by atoms with E-state index >= 15 is 0 Å². The minimum absolute atomic E-state index is 0.111. The minimum atomic E-state index is -2.39. The van der Waals surface area contributed by atoms with E-state index < -0.39 is 16.1 Å². The van der Waals surface area contributed by atoms with E-state index in [9.17, 15) is 14.0 Å². The Morgan fingerprint density at radius 2 is 1.56 bits per heavy atom. The highest BCUT2D eigenvalue weighted by molar-refractivity contribution is 8.15. The summed E-state index contributed by atoms with van der Waals surface area (Å²) < 4.78 is 32.5. The van der Waals surface area contributed by atoms with Crippen molar-refractivity contribution < 1.29 is 28.2 Å². The molecule has 2 amide bonds. The van der Waals surface area contributed by atoms with E-state index in [1.54, 1.807) is 12.1 Å². The molecule has 1 aliphatic rings. The van der Waals surface area contributed by atoms with Crippen LogP contribution in [0.2, 0.25) is 0 Å². The number of halogens is 1. The Morgan fingerprint density at radius 3 is 2.22 bits per heavy atom. The first-order valence-electron chi connectivity index (χ1n) is 11.9. The van der Waals surface area contributed by atoms with Crippen molar-refractivity contribution in [2.24, 2.45) is 0 Å². The van der Waals surface area contributed by atoms with Crippen LogP contribution >= 0.6 is 11.8 Å². The van der Waals surface area contributed by atoms with Gasteiger partial charge in [-0.1, -0.05) is 43.7 Å². The lowest BCUT2D eigenvalue weighted by Gasteiger charge is -2.15. The Kier molecular flexibility index (Phi) is 8.48. The van der Waals surface area contributed by atoms with Gasteiger partial charge in [0.25, 0.3) is 16.1 Å². The predicted molar refractivity (Wildman–Crippen MR) is 138 cm³/mol. The number of hydrogen-bond acceptors (Lipinski definition) is 6. The van der Waals surface area contributed by atoms with Gasteiger partial charge in [-0.3, -0.25) is 14.9 Å². The van der Waals surface area contributed by atoms with Crippen LogP contribution in [0.5, 0.6) is 23.0 Å². The molecule has 0 aliphatic carbocycles. The average molecular weight is 510 g/mol. The van der Waals surface area contributed by atoms with Gasteiger partial charge in [0, 0.05) is 5.56 Å². The highest BCUT2D eigenvalue weighted by Crippen LogP contribution is 2.43. The van der Waals surface area contributed by atoms with Gasteiger partial charge in [-0.15, -0.1) is 0 Å². The third-order valence-electron chi connectivity index (χ3n) is 5.56. The van der Waals surface area contributed by atoms with Crippen LogP contribution in [0.4, 0.5) is 9.18 Å². The van der Waals surface area contributed by atoms with Crippen LogP contribution < -0.4 is 19.5 Å². The molecule has 1 N–H and O–H groups in total. The third-order valence-corrected chi connectivity index (χ3v) is 6.55. The van der Waals surface area contributed by atoms with Crippen LogP contribution in [0.1, 0.15) is 37.3 Å². The Labute approximate surface area is 214 Å². The molecule has 36 heavy (non-hydrogen) atoms. The van der Waals surface area contributed by atoms with Crippen molar-refractivity contribution in [2.75, 3.05) is 13.2 Å². The second-order valence-corrected chi connectivity index (χ2v) is 9.44. The number of rotatable bonds is 12. The topological polar surface area (TPSA) is 73.9 Å². The first-order valence-corrected chi connectivity index (χ1v) is 12.7.